The molecule has 0 aliphatic carbocycles. The monoisotopic (exact) mass is 373 g/mol. The number of carbonyl (C=O) groups is 2. The Morgan fingerprint density at radius 3 is 2.73 bits per heavy atom. The first-order chi connectivity index (χ1) is 12.6. The van der Waals surface area contributed by atoms with Crippen LogP contribution < -0.4 is 14.8 Å². The molecule has 0 saturated heterocycles. The van der Waals surface area contributed by atoms with Gasteiger partial charge < -0.3 is 19.9 Å². The third kappa shape index (κ3) is 4.92. The third-order valence-corrected chi connectivity index (χ3v) is 4.92. The minimum absolute atomic E-state index is 0.117. The summed E-state index contributed by atoms with van der Waals surface area (Å²) in [5.74, 6) is 0.724. The molecule has 1 atom stereocenters. The predicted octanol–water partition coefficient (Wildman–Crippen LogP) is 2.36. The number of hydrogen-bond donors (Lipinski definition) is 2. The number of fused-ring (bicyclic) bond motifs is 1. The minimum atomic E-state index is -1.01. The Bertz CT molecular complexity index is 778. The van der Waals surface area contributed by atoms with Crippen LogP contribution in [0.5, 0.6) is 11.5 Å². The Hall–Kier alpha value is -2.67. The standard InChI is InChI=1S/C19H19NO5S/c21-18(22)11-24-14-7-5-13(6-8-14)9-10-20-19(23)16-12-26-17-4-2-1-3-15(17)25-16/h1-8,16H,9-12H2,(H,20,23)(H,21,22). The topological polar surface area (TPSA) is 84.9 Å². The highest BCUT2D eigenvalue weighted by atomic mass is 32.2. The van der Waals surface area contributed by atoms with Crippen molar-refractivity contribution < 1.29 is 24.2 Å². The first-order valence-electron chi connectivity index (χ1n) is 8.21. The van der Waals surface area contributed by atoms with Crippen molar-refractivity contribution in [3.63, 3.8) is 0 Å². The molecule has 0 aromatic heterocycles. The van der Waals surface area contributed by atoms with Gasteiger partial charge in [0, 0.05) is 17.2 Å². The number of carbonyl (C=O) groups excluding carboxylic acids is 1. The van der Waals surface area contributed by atoms with Crippen LogP contribution in [0.1, 0.15) is 5.56 Å². The zero-order chi connectivity index (χ0) is 18.4. The normalized spacial score (nSPS) is 15.5. The molecular formula is C19H19NO5S. The molecular weight excluding hydrogens is 354 g/mol. The van der Waals surface area contributed by atoms with Crippen molar-refractivity contribution >= 4 is 23.6 Å². The van der Waals surface area contributed by atoms with Crippen LogP contribution in [0.2, 0.25) is 0 Å². The number of ether oxygens (including phenoxy) is 2. The zero-order valence-corrected chi connectivity index (χ0v) is 14.8. The number of hydrogen-bond acceptors (Lipinski definition) is 5. The maximum Gasteiger partial charge on any atom is 0.341 e. The lowest BCUT2D eigenvalue weighted by Crippen LogP contribution is -2.42. The van der Waals surface area contributed by atoms with Gasteiger partial charge in [0.2, 0.25) is 0 Å². The number of carboxylic acid groups (broad SMARTS) is 1. The third-order valence-electron chi connectivity index (χ3n) is 3.80. The van der Waals surface area contributed by atoms with Gasteiger partial charge in [0.05, 0.1) is 0 Å². The van der Waals surface area contributed by atoms with Crippen molar-refractivity contribution in [1.82, 2.24) is 5.32 Å². The molecule has 0 saturated carbocycles. The summed E-state index contributed by atoms with van der Waals surface area (Å²) in [5, 5.41) is 11.5. The van der Waals surface area contributed by atoms with E-state index in [1.165, 1.54) is 0 Å². The fourth-order valence-corrected chi connectivity index (χ4v) is 3.47. The van der Waals surface area contributed by atoms with Gasteiger partial charge in [-0.3, -0.25) is 4.79 Å². The highest BCUT2D eigenvalue weighted by molar-refractivity contribution is 7.99. The summed E-state index contributed by atoms with van der Waals surface area (Å²) in [5.41, 5.74) is 1.03. The molecule has 1 aliphatic heterocycles. The van der Waals surface area contributed by atoms with Crippen LogP contribution in [0.4, 0.5) is 0 Å². The van der Waals surface area contributed by atoms with E-state index in [-0.39, 0.29) is 12.5 Å². The fourth-order valence-electron chi connectivity index (χ4n) is 2.49. The molecule has 1 amide bonds. The van der Waals surface area contributed by atoms with Crippen LogP contribution in [0, 0.1) is 0 Å². The first-order valence-corrected chi connectivity index (χ1v) is 9.20. The van der Waals surface area contributed by atoms with Crippen LogP contribution in [-0.2, 0) is 16.0 Å². The van der Waals surface area contributed by atoms with Crippen molar-refractivity contribution in [2.75, 3.05) is 18.9 Å². The molecule has 1 aliphatic rings. The molecule has 1 heterocycles. The van der Waals surface area contributed by atoms with Crippen molar-refractivity contribution in [2.45, 2.75) is 17.4 Å². The first kappa shape index (κ1) is 18.1. The Balaban J connectivity index is 1.43. The quantitative estimate of drug-likeness (QED) is 0.775. The Morgan fingerprint density at radius 1 is 1.19 bits per heavy atom. The van der Waals surface area contributed by atoms with Gasteiger partial charge in [-0.2, -0.15) is 0 Å². The van der Waals surface area contributed by atoms with E-state index in [0.717, 1.165) is 16.2 Å². The van der Waals surface area contributed by atoms with E-state index in [9.17, 15) is 9.59 Å². The number of aliphatic carboxylic acids is 1. The van der Waals surface area contributed by atoms with Crippen molar-refractivity contribution in [2.24, 2.45) is 0 Å². The number of benzene rings is 2. The van der Waals surface area contributed by atoms with E-state index in [1.807, 2.05) is 36.4 Å². The lowest BCUT2D eigenvalue weighted by atomic mass is 10.1. The maximum absolute atomic E-state index is 12.3. The molecule has 2 aromatic carbocycles. The van der Waals surface area contributed by atoms with Crippen molar-refractivity contribution in [3.05, 3.63) is 54.1 Å². The molecule has 26 heavy (non-hydrogen) atoms. The van der Waals surface area contributed by atoms with E-state index in [4.69, 9.17) is 14.6 Å². The van der Waals surface area contributed by atoms with E-state index in [2.05, 4.69) is 5.32 Å². The maximum atomic E-state index is 12.3. The fraction of sp³-hybridized carbons (Fsp3) is 0.263. The van der Waals surface area contributed by atoms with Crippen LogP contribution in [0.25, 0.3) is 0 Å². The van der Waals surface area contributed by atoms with Gasteiger partial charge in [0.15, 0.2) is 12.7 Å². The van der Waals surface area contributed by atoms with Gasteiger partial charge in [-0.15, -0.1) is 11.8 Å². The van der Waals surface area contributed by atoms with Crippen molar-refractivity contribution in [3.8, 4) is 11.5 Å². The molecule has 2 N–H and O–H groups in total. The molecule has 0 spiro atoms. The lowest BCUT2D eigenvalue weighted by Gasteiger charge is -2.24. The molecule has 7 heteroatoms. The SMILES string of the molecule is O=C(O)COc1ccc(CCNC(=O)C2CSc3ccccc3O2)cc1. The largest absolute Gasteiger partial charge is 0.482 e. The molecule has 1 unspecified atom stereocenters. The van der Waals surface area contributed by atoms with E-state index < -0.39 is 12.1 Å². The number of rotatable bonds is 7. The summed E-state index contributed by atoms with van der Waals surface area (Å²) in [4.78, 5) is 23.8. The lowest BCUT2D eigenvalue weighted by molar-refractivity contribution is -0.139. The highest BCUT2D eigenvalue weighted by Gasteiger charge is 2.26. The van der Waals surface area contributed by atoms with Crippen LogP contribution in [0.15, 0.2) is 53.4 Å². The van der Waals surface area contributed by atoms with Gasteiger partial charge in [-0.25, -0.2) is 4.79 Å². The van der Waals surface area contributed by atoms with Gasteiger partial charge in [0.25, 0.3) is 5.91 Å². The summed E-state index contributed by atoms with van der Waals surface area (Å²) < 4.78 is 10.8. The smallest absolute Gasteiger partial charge is 0.341 e. The highest BCUT2D eigenvalue weighted by Crippen LogP contribution is 2.34. The summed E-state index contributed by atoms with van der Waals surface area (Å²) in [7, 11) is 0. The van der Waals surface area contributed by atoms with Crippen LogP contribution in [-0.4, -0.2) is 42.0 Å². The second-order valence-corrected chi connectivity index (χ2v) is 6.79. The van der Waals surface area contributed by atoms with E-state index in [0.29, 0.717) is 24.5 Å². The summed E-state index contributed by atoms with van der Waals surface area (Å²) in [6.07, 6.45) is 0.184. The second kappa shape index (κ2) is 8.62. The Morgan fingerprint density at radius 2 is 1.96 bits per heavy atom. The van der Waals surface area contributed by atoms with Crippen molar-refractivity contribution in [1.29, 1.82) is 0 Å². The molecule has 136 valence electrons. The van der Waals surface area contributed by atoms with E-state index in [1.54, 1.807) is 23.9 Å². The Kier molecular flexibility index (Phi) is 6.01. The second-order valence-electron chi connectivity index (χ2n) is 5.73. The summed E-state index contributed by atoms with van der Waals surface area (Å²) in [6, 6.07) is 14.8. The number of amides is 1. The number of para-hydroxylation sites is 1. The molecule has 6 nitrogen and oxygen atoms in total. The Labute approximate surface area is 155 Å². The van der Waals surface area contributed by atoms with Gasteiger partial charge in [0.1, 0.15) is 11.5 Å². The van der Waals surface area contributed by atoms with Crippen LogP contribution >= 0.6 is 11.8 Å². The van der Waals surface area contributed by atoms with Gasteiger partial charge in [-0.05, 0) is 36.2 Å². The molecule has 0 fully saturated rings. The van der Waals surface area contributed by atoms with Gasteiger partial charge in [-0.1, -0.05) is 24.3 Å². The minimum Gasteiger partial charge on any atom is -0.482 e. The van der Waals surface area contributed by atoms with Crippen LogP contribution in [0.3, 0.4) is 0 Å². The molecule has 3 rings (SSSR count). The average Bonchev–Trinajstić information content (AvgIpc) is 2.67. The molecule has 2 aromatic rings. The van der Waals surface area contributed by atoms with Gasteiger partial charge >= 0.3 is 5.97 Å². The molecule has 0 radical (unpaired) electrons. The molecule has 0 bridgehead atoms. The summed E-state index contributed by atoms with van der Waals surface area (Å²) in [6.45, 7) is 0.137. The number of nitrogens with one attached hydrogen (secondary N) is 1. The average molecular weight is 373 g/mol. The number of carboxylic acids is 1. The predicted molar refractivity (Wildman–Crippen MR) is 97.9 cm³/mol. The zero-order valence-electron chi connectivity index (χ0n) is 14.0. The van der Waals surface area contributed by atoms with E-state index >= 15 is 0 Å². The number of thioether (sulfide) groups is 1. The summed E-state index contributed by atoms with van der Waals surface area (Å²) >= 11 is 1.62.